The second-order valence-electron chi connectivity index (χ2n) is 9.85. The molecule has 1 saturated heterocycles. The number of aliphatic hydroxyl groups excluding tert-OH is 2. The van der Waals surface area contributed by atoms with Gasteiger partial charge < -0.3 is 25.0 Å². The predicted octanol–water partition coefficient (Wildman–Crippen LogP) is 5.44. The Morgan fingerprint density at radius 3 is 2.44 bits per heavy atom. The molecule has 4 aromatic rings. The van der Waals surface area contributed by atoms with Crippen LogP contribution in [0, 0.1) is 0 Å². The van der Waals surface area contributed by atoms with E-state index >= 15 is 0 Å². The Morgan fingerprint density at radius 2 is 1.71 bits per heavy atom. The molecule has 0 bridgehead atoms. The van der Waals surface area contributed by atoms with Crippen LogP contribution in [0.5, 0.6) is 0 Å². The minimum Gasteiger partial charge on any atom is -0.396 e. The number of ether oxygens (including phenoxy) is 2. The zero-order valence-corrected chi connectivity index (χ0v) is 23.5. The first-order chi connectivity index (χ1) is 20.1. The average molecular weight is 571 g/mol. The fourth-order valence-electron chi connectivity index (χ4n) is 4.85. The van der Waals surface area contributed by atoms with Gasteiger partial charge in [0.1, 0.15) is 0 Å². The SMILES string of the molecule is O=C(NCc1ccccc1-c1ccc(C2OC(CSCCO)CC(c3ccc(CO)cc3)O2)cc1)c1cccnc1. The third-order valence-electron chi connectivity index (χ3n) is 7.03. The summed E-state index contributed by atoms with van der Waals surface area (Å²) in [5, 5.41) is 21.6. The Hall–Kier alpha value is -3.53. The lowest BCUT2D eigenvalue weighted by Gasteiger charge is -2.36. The average Bonchev–Trinajstić information content (AvgIpc) is 3.04. The maximum atomic E-state index is 12.6. The molecule has 0 spiro atoms. The fourth-order valence-corrected chi connectivity index (χ4v) is 5.63. The van der Waals surface area contributed by atoms with Crippen LogP contribution in [0.15, 0.2) is 97.3 Å². The van der Waals surface area contributed by atoms with Gasteiger partial charge in [-0.1, -0.05) is 72.8 Å². The monoisotopic (exact) mass is 570 g/mol. The van der Waals surface area contributed by atoms with Gasteiger partial charge in [0.15, 0.2) is 6.29 Å². The third-order valence-corrected chi connectivity index (χ3v) is 8.11. The molecule has 3 unspecified atom stereocenters. The summed E-state index contributed by atoms with van der Waals surface area (Å²) >= 11 is 1.67. The van der Waals surface area contributed by atoms with E-state index in [-0.39, 0.29) is 31.3 Å². The van der Waals surface area contributed by atoms with Gasteiger partial charge in [0.05, 0.1) is 31.0 Å². The molecule has 1 aromatic heterocycles. The first kappa shape index (κ1) is 29.0. The van der Waals surface area contributed by atoms with Crippen molar-refractivity contribution in [1.29, 1.82) is 0 Å². The number of rotatable bonds is 11. The van der Waals surface area contributed by atoms with E-state index in [0.717, 1.165) is 39.1 Å². The van der Waals surface area contributed by atoms with Crippen LogP contribution in [0.3, 0.4) is 0 Å². The van der Waals surface area contributed by atoms with Gasteiger partial charge in [0.2, 0.25) is 0 Å². The van der Waals surface area contributed by atoms with Crippen molar-refractivity contribution in [1.82, 2.24) is 10.3 Å². The lowest BCUT2D eigenvalue weighted by atomic mass is 9.97. The van der Waals surface area contributed by atoms with E-state index in [2.05, 4.69) is 28.5 Å². The van der Waals surface area contributed by atoms with E-state index < -0.39 is 6.29 Å². The molecule has 5 rings (SSSR count). The molecule has 212 valence electrons. The quantitative estimate of drug-likeness (QED) is 0.206. The van der Waals surface area contributed by atoms with E-state index in [9.17, 15) is 15.0 Å². The molecular formula is C33H34N2O5S. The lowest BCUT2D eigenvalue weighted by molar-refractivity contribution is -0.245. The van der Waals surface area contributed by atoms with Crippen LogP contribution in [0.4, 0.5) is 0 Å². The number of aromatic nitrogens is 1. The Morgan fingerprint density at radius 1 is 0.927 bits per heavy atom. The van der Waals surface area contributed by atoms with Gasteiger partial charge in [-0.15, -0.1) is 0 Å². The van der Waals surface area contributed by atoms with Gasteiger partial charge in [0.25, 0.3) is 5.91 Å². The highest BCUT2D eigenvalue weighted by Crippen LogP contribution is 2.39. The van der Waals surface area contributed by atoms with Gasteiger partial charge in [0, 0.05) is 42.4 Å². The standard InChI is InChI=1S/C33H34N2O5S/c36-16-17-41-22-29-18-31(25-9-7-23(21-37)8-10-25)40-33(39-29)26-13-11-24(12-14-26)30-6-2-1-4-27(30)20-35-32(38)28-5-3-15-34-19-28/h1-15,19,29,31,33,36-37H,16-18,20-22H2,(H,35,38). The van der Waals surface area contributed by atoms with Crippen molar-refractivity contribution >= 4 is 17.7 Å². The number of carbonyl (C=O) groups is 1. The van der Waals surface area contributed by atoms with Crippen LogP contribution in [-0.4, -0.2) is 45.3 Å². The molecule has 1 fully saturated rings. The van der Waals surface area contributed by atoms with Crippen molar-refractivity contribution in [3.8, 4) is 11.1 Å². The molecule has 1 amide bonds. The molecule has 0 aliphatic carbocycles. The highest BCUT2D eigenvalue weighted by molar-refractivity contribution is 7.99. The van der Waals surface area contributed by atoms with E-state index in [1.165, 1.54) is 0 Å². The molecule has 3 N–H and O–H groups in total. The number of carbonyl (C=O) groups excluding carboxylic acids is 1. The summed E-state index contributed by atoms with van der Waals surface area (Å²) < 4.78 is 12.8. The van der Waals surface area contributed by atoms with Crippen molar-refractivity contribution in [2.24, 2.45) is 0 Å². The Balaban J connectivity index is 1.31. The summed E-state index contributed by atoms with van der Waals surface area (Å²) in [7, 11) is 0. The first-order valence-electron chi connectivity index (χ1n) is 13.7. The number of hydrogen-bond acceptors (Lipinski definition) is 7. The molecule has 0 radical (unpaired) electrons. The van der Waals surface area contributed by atoms with Crippen molar-refractivity contribution in [3.63, 3.8) is 0 Å². The molecule has 41 heavy (non-hydrogen) atoms. The maximum Gasteiger partial charge on any atom is 0.253 e. The molecule has 3 aromatic carbocycles. The van der Waals surface area contributed by atoms with Crippen molar-refractivity contribution in [2.75, 3.05) is 18.1 Å². The Kier molecular flexibility index (Phi) is 10.2. The highest BCUT2D eigenvalue weighted by atomic mass is 32.2. The lowest BCUT2D eigenvalue weighted by Crippen LogP contribution is -2.31. The number of benzene rings is 3. The minimum atomic E-state index is -0.533. The van der Waals surface area contributed by atoms with E-state index in [4.69, 9.17) is 9.47 Å². The molecule has 0 saturated carbocycles. The molecular weight excluding hydrogens is 536 g/mol. The van der Waals surface area contributed by atoms with Crippen molar-refractivity contribution in [2.45, 2.75) is 38.1 Å². The topological polar surface area (TPSA) is 101 Å². The zero-order chi connectivity index (χ0) is 28.4. The number of amides is 1. The summed E-state index contributed by atoms with van der Waals surface area (Å²) in [4.78, 5) is 16.6. The normalized spacial score (nSPS) is 18.6. The Labute approximate surface area is 244 Å². The summed E-state index contributed by atoms with van der Waals surface area (Å²) in [6.45, 7) is 0.536. The van der Waals surface area contributed by atoms with Gasteiger partial charge in [-0.3, -0.25) is 9.78 Å². The van der Waals surface area contributed by atoms with Crippen LogP contribution in [0.2, 0.25) is 0 Å². The van der Waals surface area contributed by atoms with Gasteiger partial charge >= 0.3 is 0 Å². The molecule has 8 heteroatoms. The predicted molar refractivity (Wildman–Crippen MR) is 160 cm³/mol. The van der Waals surface area contributed by atoms with Crippen molar-refractivity contribution < 1.29 is 24.5 Å². The second kappa shape index (κ2) is 14.4. The summed E-state index contributed by atoms with van der Waals surface area (Å²) in [5.74, 6) is 1.27. The van der Waals surface area contributed by atoms with Crippen LogP contribution in [-0.2, 0) is 22.6 Å². The molecule has 1 aliphatic rings. The summed E-state index contributed by atoms with van der Waals surface area (Å²) in [6, 6.07) is 27.5. The number of nitrogens with one attached hydrogen (secondary N) is 1. The van der Waals surface area contributed by atoms with Gasteiger partial charge in [-0.25, -0.2) is 0 Å². The van der Waals surface area contributed by atoms with E-state index in [1.54, 1.807) is 36.3 Å². The molecule has 2 heterocycles. The van der Waals surface area contributed by atoms with Crippen LogP contribution < -0.4 is 5.32 Å². The number of hydrogen-bond donors (Lipinski definition) is 3. The largest absolute Gasteiger partial charge is 0.396 e. The number of thioether (sulfide) groups is 1. The Bertz CT molecular complexity index is 1400. The second-order valence-corrected chi connectivity index (χ2v) is 11.0. The van der Waals surface area contributed by atoms with Crippen LogP contribution in [0.25, 0.3) is 11.1 Å². The zero-order valence-electron chi connectivity index (χ0n) is 22.7. The highest BCUT2D eigenvalue weighted by Gasteiger charge is 2.32. The molecule has 1 aliphatic heterocycles. The third kappa shape index (κ3) is 7.61. The smallest absolute Gasteiger partial charge is 0.253 e. The number of pyridine rings is 1. The molecule has 7 nitrogen and oxygen atoms in total. The minimum absolute atomic E-state index is 0.00428. The van der Waals surface area contributed by atoms with Gasteiger partial charge in [-0.05, 0) is 39.9 Å². The van der Waals surface area contributed by atoms with Crippen LogP contribution >= 0.6 is 11.8 Å². The van der Waals surface area contributed by atoms with Crippen LogP contribution in [0.1, 0.15) is 51.4 Å². The summed E-state index contributed by atoms with van der Waals surface area (Å²) in [6.07, 6.45) is 3.20. The number of nitrogens with zero attached hydrogens (tertiary/aromatic N) is 1. The fraction of sp³-hybridized carbons (Fsp3) is 0.273. The van der Waals surface area contributed by atoms with E-state index in [1.807, 2.05) is 54.6 Å². The van der Waals surface area contributed by atoms with Crippen molar-refractivity contribution in [3.05, 3.63) is 125 Å². The number of aliphatic hydroxyl groups is 2. The maximum absolute atomic E-state index is 12.6. The van der Waals surface area contributed by atoms with E-state index in [0.29, 0.717) is 24.3 Å². The van der Waals surface area contributed by atoms with Gasteiger partial charge in [-0.2, -0.15) is 11.8 Å². The summed E-state index contributed by atoms with van der Waals surface area (Å²) in [5.41, 5.74) is 6.43. The first-order valence-corrected chi connectivity index (χ1v) is 14.9. The molecule has 3 atom stereocenters.